The number of hydrogen-bond acceptors (Lipinski definition) is 5. The number of aliphatic hydroxyl groups is 2. The van der Waals surface area contributed by atoms with Gasteiger partial charge < -0.3 is 14.9 Å². The molecule has 0 heterocycles. The molecule has 17 heavy (non-hydrogen) atoms. The van der Waals surface area contributed by atoms with E-state index in [0.29, 0.717) is 12.0 Å². The lowest BCUT2D eigenvalue weighted by Crippen LogP contribution is -2.46. The van der Waals surface area contributed by atoms with Crippen molar-refractivity contribution >= 4 is 0 Å². The molecule has 4 N–H and O–H groups in total. The van der Waals surface area contributed by atoms with Gasteiger partial charge in [-0.1, -0.05) is 12.8 Å². The van der Waals surface area contributed by atoms with E-state index in [1.54, 1.807) is 14.2 Å². The highest BCUT2D eigenvalue weighted by molar-refractivity contribution is 4.76. The first kappa shape index (κ1) is 14.9. The number of aliphatic hydroxyl groups excluding tert-OH is 1. The molecule has 0 spiro atoms. The van der Waals surface area contributed by atoms with Gasteiger partial charge in [-0.3, -0.25) is 5.43 Å². The quantitative estimate of drug-likeness (QED) is 0.386. The zero-order valence-corrected chi connectivity index (χ0v) is 10.9. The van der Waals surface area contributed by atoms with Gasteiger partial charge in [0.05, 0.1) is 12.1 Å². The monoisotopic (exact) mass is 246 g/mol. The lowest BCUT2D eigenvalue weighted by atomic mass is 9.83. The van der Waals surface area contributed by atoms with E-state index in [-0.39, 0.29) is 6.04 Å². The Labute approximate surface area is 104 Å². The van der Waals surface area contributed by atoms with Gasteiger partial charge in [0.2, 0.25) is 0 Å². The molecule has 0 saturated heterocycles. The van der Waals surface area contributed by atoms with Crippen molar-refractivity contribution in [2.45, 2.75) is 57.0 Å². The van der Waals surface area contributed by atoms with Crippen molar-refractivity contribution in [2.24, 2.45) is 5.92 Å². The van der Waals surface area contributed by atoms with Crippen molar-refractivity contribution in [3.8, 4) is 0 Å². The molecular formula is C12H26N2O3. The number of hydrazine groups is 1. The predicted molar refractivity (Wildman–Crippen MR) is 66.2 cm³/mol. The second kappa shape index (κ2) is 8.00. The number of rotatable bonds is 7. The third kappa shape index (κ3) is 5.31. The van der Waals surface area contributed by atoms with Gasteiger partial charge in [-0.05, 0) is 38.6 Å². The summed E-state index contributed by atoms with van der Waals surface area (Å²) in [6, 6.07) is -0.303. The fourth-order valence-corrected chi connectivity index (χ4v) is 2.61. The molecule has 0 bridgehead atoms. The van der Waals surface area contributed by atoms with Gasteiger partial charge in [0.1, 0.15) is 0 Å². The first-order valence-electron chi connectivity index (χ1n) is 6.48. The van der Waals surface area contributed by atoms with Gasteiger partial charge in [0.15, 0.2) is 6.29 Å². The Bertz CT molecular complexity index is 202. The zero-order valence-electron chi connectivity index (χ0n) is 10.9. The van der Waals surface area contributed by atoms with Gasteiger partial charge in [0, 0.05) is 7.11 Å². The van der Waals surface area contributed by atoms with Crippen LogP contribution in [0.2, 0.25) is 0 Å². The Morgan fingerprint density at radius 3 is 2.71 bits per heavy atom. The number of nitrogens with one attached hydrogen (secondary N) is 2. The van der Waals surface area contributed by atoms with Crippen LogP contribution < -0.4 is 10.9 Å². The molecule has 0 amide bonds. The lowest BCUT2D eigenvalue weighted by Gasteiger charge is -2.29. The van der Waals surface area contributed by atoms with Crippen LogP contribution in [0.25, 0.3) is 0 Å². The Morgan fingerprint density at radius 1 is 1.35 bits per heavy atom. The molecule has 1 aliphatic carbocycles. The van der Waals surface area contributed by atoms with Crippen LogP contribution in [0.1, 0.15) is 38.5 Å². The van der Waals surface area contributed by atoms with Crippen LogP contribution in [0.4, 0.5) is 0 Å². The van der Waals surface area contributed by atoms with Crippen LogP contribution in [0, 0.1) is 5.92 Å². The highest BCUT2D eigenvalue weighted by Crippen LogP contribution is 2.29. The molecule has 0 aromatic rings. The molecule has 0 aliphatic heterocycles. The molecule has 102 valence electrons. The molecule has 1 aliphatic rings. The lowest BCUT2D eigenvalue weighted by molar-refractivity contribution is -0.0730. The van der Waals surface area contributed by atoms with Crippen molar-refractivity contribution < 1.29 is 14.9 Å². The van der Waals surface area contributed by atoms with E-state index in [1.807, 2.05) is 0 Å². The van der Waals surface area contributed by atoms with Crippen molar-refractivity contribution in [3.63, 3.8) is 0 Å². The molecule has 1 rings (SSSR count). The van der Waals surface area contributed by atoms with Crippen molar-refractivity contribution in [2.75, 3.05) is 14.2 Å². The summed E-state index contributed by atoms with van der Waals surface area (Å²) in [4.78, 5) is 0. The number of ether oxygens (including phenoxy) is 1. The van der Waals surface area contributed by atoms with Crippen LogP contribution in [0.3, 0.4) is 0 Å². The maximum atomic E-state index is 9.20. The zero-order chi connectivity index (χ0) is 12.7. The number of methoxy groups -OCH3 is 1. The summed E-state index contributed by atoms with van der Waals surface area (Å²) in [6.45, 7) is 0. The van der Waals surface area contributed by atoms with Crippen molar-refractivity contribution in [1.29, 1.82) is 0 Å². The molecule has 3 unspecified atom stereocenters. The second-order valence-corrected chi connectivity index (χ2v) is 4.88. The molecule has 5 heteroatoms. The highest BCUT2D eigenvalue weighted by Gasteiger charge is 2.23. The Balaban J connectivity index is 2.27. The van der Waals surface area contributed by atoms with Gasteiger partial charge >= 0.3 is 0 Å². The third-order valence-corrected chi connectivity index (χ3v) is 3.64. The molecule has 3 atom stereocenters. The van der Waals surface area contributed by atoms with Gasteiger partial charge in [0.25, 0.3) is 0 Å². The fourth-order valence-electron chi connectivity index (χ4n) is 2.61. The summed E-state index contributed by atoms with van der Waals surface area (Å²) in [5.41, 5.74) is 5.63. The van der Waals surface area contributed by atoms with Crippen LogP contribution >= 0.6 is 0 Å². The summed E-state index contributed by atoms with van der Waals surface area (Å²) >= 11 is 0. The van der Waals surface area contributed by atoms with E-state index in [0.717, 1.165) is 25.7 Å². The van der Waals surface area contributed by atoms with E-state index < -0.39 is 6.29 Å². The predicted octanol–water partition coefficient (Wildman–Crippen LogP) is 0.375. The third-order valence-electron chi connectivity index (χ3n) is 3.64. The average Bonchev–Trinajstić information content (AvgIpc) is 2.34. The van der Waals surface area contributed by atoms with E-state index in [1.165, 1.54) is 12.8 Å². The van der Waals surface area contributed by atoms with Crippen LogP contribution in [0.5, 0.6) is 0 Å². The average molecular weight is 246 g/mol. The molecular weight excluding hydrogens is 220 g/mol. The van der Waals surface area contributed by atoms with Crippen LogP contribution in [0.15, 0.2) is 0 Å². The van der Waals surface area contributed by atoms with Crippen LogP contribution in [-0.4, -0.2) is 42.8 Å². The summed E-state index contributed by atoms with van der Waals surface area (Å²) < 4.78 is 5.40. The molecule has 0 radical (unpaired) electrons. The first-order chi connectivity index (χ1) is 8.17. The summed E-state index contributed by atoms with van der Waals surface area (Å²) in [7, 11) is 3.51. The smallest absolute Gasteiger partial charge is 0.168 e. The highest BCUT2D eigenvalue weighted by atomic mass is 16.5. The Hall–Kier alpha value is -0.200. The summed E-state index contributed by atoms with van der Waals surface area (Å²) in [6.07, 6.45) is 5.56. The van der Waals surface area contributed by atoms with Crippen LogP contribution in [-0.2, 0) is 4.74 Å². The minimum absolute atomic E-state index is 0.303. The Morgan fingerprint density at radius 2 is 2.12 bits per heavy atom. The standard InChI is InChI=1S/C12H26N2O3/c1-13-14-11(12(15)16)7-6-9-4-3-5-10(8-9)17-2/h9-16H,3-8H2,1-2H3. The fraction of sp³-hybridized carbons (Fsp3) is 1.00. The second-order valence-electron chi connectivity index (χ2n) is 4.88. The minimum Gasteiger partial charge on any atom is -0.381 e. The van der Waals surface area contributed by atoms with E-state index in [2.05, 4.69) is 10.9 Å². The van der Waals surface area contributed by atoms with E-state index in [9.17, 15) is 10.2 Å². The van der Waals surface area contributed by atoms with E-state index >= 15 is 0 Å². The minimum atomic E-state index is -1.32. The summed E-state index contributed by atoms with van der Waals surface area (Å²) in [5, 5.41) is 18.4. The Kier molecular flexibility index (Phi) is 6.99. The van der Waals surface area contributed by atoms with Gasteiger partial charge in [-0.2, -0.15) is 0 Å². The largest absolute Gasteiger partial charge is 0.381 e. The maximum Gasteiger partial charge on any atom is 0.168 e. The molecule has 5 nitrogen and oxygen atoms in total. The van der Waals surface area contributed by atoms with Gasteiger partial charge in [-0.15, -0.1) is 0 Å². The van der Waals surface area contributed by atoms with E-state index in [4.69, 9.17) is 4.74 Å². The number of hydrogen-bond donors (Lipinski definition) is 4. The first-order valence-corrected chi connectivity index (χ1v) is 6.48. The van der Waals surface area contributed by atoms with Gasteiger partial charge in [-0.25, -0.2) is 5.43 Å². The summed E-state index contributed by atoms with van der Waals surface area (Å²) in [5.74, 6) is 0.647. The van der Waals surface area contributed by atoms with Crippen molar-refractivity contribution in [1.82, 2.24) is 10.9 Å². The normalized spacial score (nSPS) is 27.4. The SMILES string of the molecule is CNNC(CCC1CCCC(OC)C1)C(O)O. The topological polar surface area (TPSA) is 73.8 Å². The van der Waals surface area contributed by atoms with Crippen molar-refractivity contribution in [3.05, 3.63) is 0 Å². The molecule has 1 fully saturated rings. The molecule has 0 aromatic heterocycles. The maximum absolute atomic E-state index is 9.20. The molecule has 0 aromatic carbocycles. The molecule has 1 saturated carbocycles.